The van der Waals surface area contributed by atoms with Crippen LogP contribution < -0.4 is 4.90 Å². The first kappa shape index (κ1) is 12.5. The lowest BCUT2D eigenvalue weighted by molar-refractivity contribution is 0.199. The molecule has 3 heteroatoms. The first-order valence-electron chi connectivity index (χ1n) is 5.26. The van der Waals surface area contributed by atoms with E-state index in [1.165, 1.54) is 12.1 Å². The van der Waals surface area contributed by atoms with Crippen molar-refractivity contribution >= 4 is 5.69 Å². The Balaban J connectivity index is 3.16. The van der Waals surface area contributed by atoms with Crippen LogP contribution in [0.15, 0.2) is 18.2 Å². The molecule has 0 unspecified atom stereocenters. The number of aliphatic hydroxyl groups excluding tert-OH is 1. The fraction of sp³-hybridized carbons (Fsp3) is 0.385. The van der Waals surface area contributed by atoms with Crippen LogP contribution in [0.4, 0.5) is 10.1 Å². The van der Waals surface area contributed by atoms with Crippen molar-refractivity contribution < 1.29 is 9.50 Å². The van der Waals surface area contributed by atoms with Crippen molar-refractivity contribution in [3.8, 4) is 12.3 Å². The summed E-state index contributed by atoms with van der Waals surface area (Å²) >= 11 is 0. The molecule has 0 saturated heterocycles. The van der Waals surface area contributed by atoms with Crippen LogP contribution in [0.2, 0.25) is 0 Å². The van der Waals surface area contributed by atoms with E-state index in [1.54, 1.807) is 13.0 Å². The van der Waals surface area contributed by atoms with Crippen LogP contribution in [-0.2, 0) is 0 Å². The van der Waals surface area contributed by atoms with E-state index in [-0.39, 0.29) is 5.82 Å². The zero-order valence-electron chi connectivity index (χ0n) is 9.57. The summed E-state index contributed by atoms with van der Waals surface area (Å²) in [5.41, 5.74) is 1.36. The number of aliphatic hydroxyl groups is 1. The van der Waals surface area contributed by atoms with Gasteiger partial charge in [-0.25, -0.2) is 4.39 Å². The highest BCUT2D eigenvalue weighted by molar-refractivity contribution is 5.55. The average molecular weight is 221 g/mol. The van der Waals surface area contributed by atoms with Gasteiger partial charge in [0.2, 0.25) is 0 Å². The maximum atomic E-state index is 13.1. The highest BCUT2D eigenvalue weighted by Gasteiger charge is 2.13. The molecule has 0 saturated carbocycles. The number of hydrogen-bond donors (Lipinski definition) is 1. The molecule has 86 valence electrons. The highest BCUT2D eigenvalue weighted by Crippen LogP contribution is 2.26. The topological polar surface area (TPSA) is 23.5 Å². The molecule has 0 amide bonds. The normalized spacial score (nSPS) is 11.9. The second kappa shape index (κ2) is 5.53. The molecule has 0 radical (unpaired) electrons. The maximum Gasteiger partial charge on any atom is 0.123 e. The average Bonchev–Trinajstić information content (AvgIpc) is 2.26. The molecule has 0 fully saturated rings. The quantitative estimate of drug-likeness (QED) is 0.789. The fourth-order valence-electron chi connectivity index (χ4n) is 1.63. The lowest BCUT2D eigenvalue weighted by Gasteiger charge is -2.24. The predicted octanol–water partition coefficient (Wildman–Crippen LogP) is 2.34. The van der Waals surface area contributed by atoms with E-state index in [9.17, 15) is 9.50 Å². The van der Waals surface area contributed by atoms with Gasteiger partial charge in [0.15, 0.2) is 0 Å². The molecule has 0 aromatic heterocycles. The van der Waals surface area contributed by atoms with Gasteiger partial charge in [-0.2, -0.15) is 0 Å². The molecule has 1 aromatic carbocycles. The second-order valence-electron chi connectivity index (χ2n) is 3.60. The lowest BCUT2D eigenvalue weighted by Crippen LogP contribution is -2.24. The van der Waals surface area contributed by atoms with Gasteiger partial charge in [-0.05, 0) is 32.0 Å². The van der Waals surface area contributed by atoms with E-state index in [1.807, 2.05) is 11.8 Å². The summed E-state index contributed by atoms with van der Waals surface area (Å²) in [7, 11) is 0. The third kappa shape index (κ3) is 2.74. The second-order valence-corrected chi connectivity index (χ2v) is 3.60. The van der Waals surface area contributed by atoms with Gasteiger partial charge < -0.3 is 10.0 Å². The van der Waals surface area contributed by atoms with E-state index in [0.717, 1.165) is 12.2 Å². The third-order valence-corrected chi connectivity index (χ3v) is 2.44. The smallest absolute Gasteiger partial charge is 0.123 e. The largest absolute Gasteiger partial charge is 0.389 e. The molecular weight excluding hydrogens is 205 g/mol. The Morgan fingerprint density at radius 3 is 2.75 bits per heavy atom. The number of rotatable bonds is 4. The van der Waals surface area contributed by atoms with E-state index < -0.39 is 6.10 Å². The minimum atomic E-state index is -0.711. The molecule has 1 aromatic rings. The van der Waals surface area contributed by atoms with Gasteiger partial charge in [0, 0.05) is 17.8 Å². The first-order chi connectivity index (χ1) is 7.60. The van der Waals surface area contributed by atoms with Crippen molar-refractivity contribution in [3.63, 3.8) is 0 Å². The van der Waals surface area contributed by atoms with E-state index in [4.69, 9.17) is 6.42 Å². The molecule has 1 rings (SSSR count). The maximum absolute atomic E-state index is 13.1. The number of halogens is 1. The minimum absolute atomic E-state index is 0.351. The summed E-state index contributed by atoms with van der Waals surface area (Å²) in [5.74, 6) is 2.20. The van der Waals surface area contributed by atoms with Gasteiger partial charge in [-0.3, -0.25) is 0 Å². The van der Waals surface area contributed by atoms with Gasteiger partial charge in [0.1, 0.15) is 5.82 Å². The summed E-state index contributed by atoms with van der Waals surface area (Å²) in [6, 6.07) is 4.37. The Kier molecular flexibility index (Phi) is 4.33. The first-order valence-corrected chi connectivity index (χ1v) is 5.26. The highest BCUT2D eigenvalue weighted by atomic mass is 19.1. The molecule has 16 heavy (non-hydrogen) atoms. The number of benzene rings is 1. The Morgan fingerprint density at radius 2 is 2.25 bits per heavy atom. The van der Waals surface area contributed by atoms with Crippen LogP contribution >= 0.6 is 0 Å². The summed E-state index contributed by atoms with van der Waals surface area (Å²) in [4.78, 5) is 1.92. The number of hydrogen-bond acceptors (Lipinski definition) is 2. The van der Waals surface area contributed by atoms with E-state index in [2.05, 4.69) is 5.92 Å². The zero-order chi connectivity index (χ0) is 12.1. The molecule has 0 bridgehead atoms. The standard InChI is InChI=1S/C13H16FNO/c1-4-8-15(5-2)13-7-6-11(14)9-12(13)10(3)16/h1,6-7,9-10,16H,5,8H2,2-3H3/t10-/m0/s1. The van der Waals surface area contributed by atoms with Crippen molar-refractivity contribution in [1.82, 2.24) is 0 Å². The fourth-order valence-corrected chi connectivity index (χ4v) is 1.63. The third-order valence-electron chi connectivity index (χ3n) is 2.44. The molecule has 0 aliphatic carbocycles. The van der Waals surface area contributed by atoms with E-state index in [0.29, 0.717) is 12.1 Å². The molecule has 1 N–H and O–H groups in total. The number of terminal acetylenes is 1. The van der Waals surface area contributed by atoms with E-state index >= 15 is 0 Å². The molecular formula is C13H16FNO. The molecule has 0 heterocycles. The van der Waals surface area contributed by atoms with Crippen LogP contribution in [0, 0.1) is 18.2 Å². The van der Waals surface area contributed by atoms with Crippen LogP contribution in [0.25, 0.3) is 0 Å². The molecule has 0 spiro atoms. The Morgan fingerprint density at radius 1 is 1.56 bits per heavy atom. The summed E-state index contributed by atoms with van der Waals surface area (Å²) in [5, 5.41) is 9.60. The Labute approximate surface area is 95.7 Å². The van der Waals surface area contributed by atoms with Gasteiger partial charge >= 0.3 is 0 Å². The minimum Gasteiger partial charge on any atom is -0.389 e. The van der Waals surface area contributed by atoms with Gasteiger partial charge in [0.25, 0.3) is 0 Å². The van der Waals surface area contributed by atoms with Crippen LogP contribution in [0.5, 0.6) is 0 Å². The summed E-state index contributed by atoms with van der Waals surface area (Å²) < 4.78 is 13.1. The van der Waals surface area contributed by atoms with Gasteiger partial charge in [-0.15, -0.1) is 6.42 Å². The summed E-state index contributed by atoms with van der Waals surface area (Å²) in [6.07, 6.45) is 4.56. The molecule has 1 atom stereocenters. The zero-order valence-corrected chi connectivity index (χ0v) is 9.57. The van der Waals surface area contributed by atoms with Crippen molar-refractivity contribution in [3.05, 3.63) is 29.6 Å². The Hall–Kier alpha value is -1.53. The summed E-state index contributed by atoms with van der Waals surface area (Å²) in [6.45, 7) is 4.74. The SMILES string of the molecule is C#CCN(CC)c1ccc(F)cc1[C@H](C)O. The van der Waals surface area contributed by atoms with Gasteiger partial charge in [-0.1, -0.05) is 5.92 Å². The van der Waals surface area contributed by atoms with Crippen LogP contribution in [0.1, 0.15) is 25.5 Å². The van der Waals surface area contributed by atoms with Crippen molar-refractivity contribution in [1.29, 1.82) is 0 Å². The van der Waals surface area contributed by atoms with Crippen LogP contribution in [-0.4, -0.2) is 18.2 Å². The van der Waals surface area contributed by atoms with Gasteiger partial charge in [0.05, 0.1) is 12.6 Å². The molecule has 2 nitrogen and oxygen atoms in total. The van der Waals surface area contributed by atoms with Crippen molar-refractivity contribution in [2.45, 2.75) is 20.0 Å². The van der Waals surface area contributed by atoms with Crippen molar-refractivity contribution in [2.75, 3.05) is 18.0 Å². The molecule has 0 aliphatic heterocycles. The number of nitrogens with zero attached hydrogens (tertiary/aromatic N) is 1. The monoisotopic (exact) mass is 221 g/mol. The van der Waals surface area contributed by atoms with Crippen molar-refractivity contribution in [2.24, 2.45) is 0 Å². The number of anilines is 1. The molecule has 0 aliphatic rings. The van der Waals surface area contributed by atoms with Crippen LogP contribution in [0.3, 0.4) is 0 Å². The lowest BCUT2D eigenvalue weighted by atomic mass is 10.1. The predicted molar refractivity (Wildman–Crippen MR) is 63.8 cm³/mol. The Bertz CT molecular complexity index is 395.